The van der Waals surface area contributed by atoms with Gasteiger partial charge in [0.15, 0.2) is 0 Å². The van der Waals surface area contributed by atoms with Crippen LogP contribution >= 0.6 is 0 Å². The van der Waals surface area contributed by atoms with Gasteiger partial charge >= 0.3 is 0 Å². The monoisotopic (exact) mass is 312 g/mol. The van der Waals surface area contributed by atoms with E-state index in [0.29, 0.717) is 19.0 Å². The van der Waals surface area contributed by atoms with Crippen LogP contribution < -0.4 is 10.1 Å². The van der Waals surface area contributed by atoms with Crippen molar-refractivity contribution in [2.75, 3.05) is 33.0 Å². The summed E-state index contributed by atoms with van der Waals surface area (Å²) in [6.07, 6.45) is 3.31. The van der Waals surface area contributed by atoms with Gasteiger partial charge in [0, 0.05) is 19.6 Å². The van der Waals surface area contributed by atoms with E-state index in [4.69, 9.17) is 4.74 Å². The minimum absolute atomic E-state index is 0.388. The molecule has 21 heavy (non-hydrogen) atoms. The van der Waals surface area contributed by atoms with Gasteiger partial charge in [0.05, 0.1) is 13.4 Å². The number of ether oxygens (including phenoxy) is 1. The number of benzene rings is 1. The first-order valence-electron chi connectivity index (χ1n) is 7.28. The number of nitrogens with zero attached hydrogens (tertiary/aromatic N) is 1. The zero-order valence-electron chi connectivity index (χ0n) is 12.7. The number of hydrogen-bond acceptors (Lipinski definition) is 4. The van der Waals surface area contributed by atoms with Gasteiger partial charge < -0.3 is 10.1 Å². The summed E-state index contributed by atoms with van der Waals surface area (Å²) in [7, 11) is -1.39. The smallest absolute Gasteiger partial charge is 0.211 e. The molecule has 1 unspecified atom stereocenters. The van der Waals surface area contributed by atoms with Gasteiger partial charge in [-0.2, -0.15) is 0 Å². The Hall–Kier alpha value is -1.11. The van der Waals surface area contributed by atoms with E-state index < -0.39 is 10.0 Å². The predicted octanol–water partition coefficient (Wildman–Crippen LogP) is 1.46. The average Bonchev–Trinajstić information content (AvgIpc) is 2.47. The van der Waals surface area contributed by atoms with Gasteiger partial charge in [-0.25, -0.2) is 12.7 Å². The molecule has 2 rings (SSSR count). The fourth-order valence-corrected chi connectivity index (χ4v) is 3.64. The highest BCUT2D eigenvalue weighted by Gasteiger charge is 2.25. The van der Waals surface area contributed by atoms with E-state index in [1.54, 1.807) is 11.4 Å². The second-order valence-electron chi connectivity index (χ2n) is 5.61. The Morgan fingerprint density at radius 2 is 2.24 bits per heavy atom. The molecule has 0 amide bonds. The van der Waals surface area contributed by atoms with Gasteiger partial charge in [-0.3, -0.25) is 0 Å². The fourth-order valence-electron chi connectivity index (χ4n) is 2.70. The number of hydrogen-bond donors (Lipinski definition) is 1. The lowest BCUT2D eigenvalue weighted by Crippen LogP contribution is -2.42. The predicted molar refractivity (Wildman–Crippen MR) is 83.8 cm³/mol. The van der Waals surface area contributed by atoms with E-state index >= 15 is 0 Å². The molecule has 0 bridgehead atoms. The first kappa shape index (κ1) is 16.3. The number of piperidine rings is 1. The van der Waals surface area contributed by atoms with Gasteiger partial charge in [0.1, 0.15) is 5.75 Å². The number of rotatable bonds is 6. The Labute approximate surface area is 127 Å². The van der Waals surface area contributed by atoms with Gasteiger partial charge in [-0.15, -0.1) is 0 Å². The van der Waals surface area contributed by atoms with Crippen LogP contribution in [0.2, 0.25) is 0 Å². The molecule has 1 aromatic carbocycles. The SMILES string of the molecule is COc1cccc(CNCC2CCCN(S(C)(=O)=O)C2)c1. The summed E-state index contributed by atoms with van der Waals surface area (Å²) in [5, 5.41) is 3.42. The van der Waals surface area contributed by atoms with Gasteiger partial charge in [-0.05, 0) is 43.0 Å². The fraction of sp³-hybridized carbons (Fsp3) is 0.600. The lowest BCUT2D eigenvalue weighted by molar-refractivity contribution is 0.261. The van der Waals surface area contributed by atoms with Gasteiger partial charge in [0.2, 0.25) is 10.0 Å². The Bertz CT molecular complexity index is 560. The molecule has 0 radical (unpaired) electrons. The molecule has 1 heterocycles. The molecule has 6 heteroatoms. The molecule has 1 N–H and O–H groups in total. The Morgan fingerprint density at radius 1 is 1.43 bits per heavy atom. The van der Waals surface area contributed by atoms with E-state index in [2.05, 4.69) is 11.4 Å². The molecule has 0 saturated carbocycles. The van der Waals surface area contributed by atoms with E-state index in [0.717, 1.165) is 31.7 Å². The topological polar surface area (TPSA) is 58.6 Å². The second-order valence-corrected chi connectivity index (χ2v) is 7.59. The van der Waals surface area contributed by atoms with Crippen LogP contribution in [0.3, 0.4) is 0 Å². The minimum atomic E-state index is -3.06. The molecule has 0 aromatic heterocycles. The maximum Gasteiger partial charge on any atom is 0.211 e. The van der Waals surface area contributed by atoms with Crippen LogP contribution in [-0.2, 0) is 16.6 Å². The largest absolute Gasteiger partial charge is 0.497 e. The summed E-state index contributed by atoms with van der Waals surface area (Å²) in [5.41, 5.74) is 1.17. The highest BCUT2D eigenvalue weighted by molar-refractivity contribution is 7.88. The normalized spacial score (nSPS) is 20.4. The molecule has 0 spiro atoms. The molecule has 1 aromatic rings. The average molecular weight is 312 g/mol. The maximum absolute atomic E-state index is 11.6. The van der Waals surface area contributed by atoms with Crippen molar-refractivity contribution in [2.24, 2.45) is 5.92 Å². The Morgan fingerprint density at radius 3 is 2.95 bits per heavy atom. The first-order chi connectivity index (χ1) is 9.99. The molecular weight excluding hydrogens is 288 g/mol. The lowest BCUT2D eigenvalue weighted by Gasteiger charge is -2.31. The number of nitrogens with one attached hydrogen (secondary N) is 1. The second kappa shape index (κ2) is 7.24. The zero-order chi connectivity index (χ0) is 15.3. The van der Waals surface area contributed by atoms with Crippen LogP contribution in [0.5, 0.6) is 5.75 Å². The lowest BCUT2D eigenvalue weighted by atomic mass is 9.99. The minimum Gasteiger partial charge on any atom is -0.497 e. The molecule has 118 valence electrons. The van der Waals surface area contributed by atoms with Crippen molar-refractivity contribution in [1.29, 1.82) is 0 Å². The molecule has 1 fully saturated rings. The summed E-state index contributed by atoms with van der Waals surface area (Å²) >= 11 is 0. The maximum atomic E-state index is 11.6. The third-order valence-corrected chi connectivity index (χ3v) is 5.12. The molecule has 1 atom stereocenters. The summed E-state index contributed by atoms with van der Waals surface area (Å²) in [6, 6.07) is 7.96. The van der Waals surface area contributed by atoms with E-state index in [1.165, 1.54) is 11.8 Å². The van der Waals surface area contributed by atoms with Crippen LogP contribution in [0, 0.1) is 5.92 Å². The number of sulfonamides is 1. The standard InChI is InChI=1S/C15H24N2O3S/c1-20-15-7-3-5-13(9-15)10-16-11-14-6-4-8-17(12-14)21(2,18)19/h3,5,7,9,14,16H,4,6,8,10-12H2,1-2H3. The van der Waals surface area contributed by atoms with E-state index in [-0.39, 0.29) is 0 Å². The molecular formula is C15H24N2O3S. The van der Waals surface area contributed by atoms with Crippen molar-refractivity contribution in [2.45, 2.75) is 19.4 Å². The highest BCUT2D eigenvalue weighted by atomic mass is 32.2. The highest BCUT2D eigenvalue weighted by Crippen LogP contribution is 2.18. The first-order valence-corrected chi connectivity index (χ1v) is 9.12. The summed E-state index contributed by atoms with van der Waals surface area (Å²) in [6.45, 7) is 2.89. The molecule has 0 aliphatic carbocycles. The number of methoxy groups -OCH3 is 1. The van der Waals surface area contributed by atoms with Crippen LogP contribution in [0.25, 0.3) is 0 Å². The van der Waals surface area contributed by atoms with Crippen molar-refractivity contribution in [3.8, 4) is 5.75 Å². The molecule has 1 aliphatic rings. The Balaban J connectivity index is 1.80. The van der Waals surface area contributed by atoms with Crippen LogP contribution in [0.15, 0.2) is 24.3 Å². The summed E-state index contributed by atoms with van der Waals surface area (Å²) in [5.74, 6) is 1.24. The molecule has 1 saturated heterocycles. The Kier molecular flexibility index (Phi) is 5.61. The van der Waals surface area contributed by atoms with Crippen molar-refractivity contribution < 1.29 is 13.2 Å². The molecule has 1 aliphatic heterocycles. The van der Waals surface area contributed by atoms with Crippen LogP contribution in [-0.4, -0.2) is 45.7 Å². The third-order valence-electron chi connectivity index (χ3n) is 3.85. The molecule has 5 nitrogen and oxygen atoms in total. The van der Waals surface area contributed by atoms with Gasteiger partial charge in [-0.1, -0.05) is 12.1 Å². The zero-order valence-corrected chi connectivity index (χ0v) is 13.5. The van der Waals surface area contributed by atoms with Crippen LogP contribution in [0.1, 0.15) is 18.4 Å². The van der Waals surface area contributed by atoms with E-state index in [1.807, 2.05) is 18.2 Å². The summed E-state index contributed by atoms with van der Waals surface area (Å²) in [4.78, 5) is 0. The quantitative estimate of drug-likeness (QED) is 0.864. The summed E-state index contributed by atoms with van der Waals surface area (Å²) < 4.78 is 30.0. The van der Waals surface area contributed by atoms with Crippen molar-refractivity contribution in [1.82, 2.24) is 9.62 Å². The van der Waals surface area contributed by atoms with Crippen molar-refractivity contribution in [3.05, 3.63) is 29.8 Å². The van der Waals surface area contributed by atoms with Crippen LogP contribution in [0.4, 0.5) is 0 Å². The van der Waals surface area contributed by atoms with E-state index in [9.17, 15) is 8.42 Å². The van der Waals surface area contributed by atoms with Crippen molar-refractivity contribution in [3.63, 3.8) is 0 Å². The third kappa shape index (κ3) is 4.98. The van der Waals surface area contributed by atoms with Gasteiger partial charge in [0.25, 0.3) is 0 Å². The van der Waals surface area contributed by atoms with Crippen molar-refractivity contribution >= 4 is 10.0 Å².